The van der Waals surface area contributed by atoms with Crippen molar-refractivity contribution in [3.63, 3.8) is 0 Å². The van der Waals surface area contributed by atoms with Crippen LogP contribution in [0.5, 0.6) is 0 Å². The summed E-state index contributed by atoms with van der Waals surface area (Å²) in [5, 5.41) is 11.1. The number of amides is 1. The van der Waals surface area contributed by atoms with Crippen LogP contribution in [0.4, 0.5) is 0 Å². The predicted molar refractivity (Wildman–Crippen MR) is 80.1 cm³/mol. The fourth-order valence-electron chi connectivity index (χ4n) is 3.02. The quantitative estimate of drug-likeness (QED) is 0.872. The van der Waals surface area contributed by atoms with Gasteiger partial charge in [-0.1, -0.05) is 19.8 Å². The molecule has 20 heavy (non-hydrogen) atoms. The number of carbonyl (C=O) groups excluding carboxylic acids is 1. The lowest BCUT2D eigenvalue weighted by Gasteiger charge is -2.39. The normalized spacial score (nSPS) is 26.3. The first kappa shape index (κ1) is 15.2. The zero-order valence-electron chi connectivity index (χ0n) is 12.4. The minimum absolute atomic E-state index is 0.0877. The number of hydrogen-bond donors (Lipinski definition) is 1. The number of halogens is 1. The van der Waals surface area contributed by atoms with Crippen LogP contribution >= 0.6 is 11.6 Å². The van der Waals surface area contributed by atoms with Crippen molar-refractivity contribution in [3.8, 4) is 0 Å². The lowest BCUT2D eigenvalue weighted by Crippen LogP contribution is -2.52. The Balaban J connectivity index is 2.19. The molecule has 1 aliphatic carbocycles. The van der Waals surface area contributed by atoms with E-state index in [0.29, 0.717) is 23.1 Å². The number of alkyl halides is 1. The molecule has 2 rings (SSSR count). The molecule has 1 N–H and O–H groups in total. The zero-order chi connectivity index (χ0) is 14.8. The molecule has 1 heterocycles. The maximum absolute atomic E-state index is 12.5. The molecule has 5 heteroatoms. The van der Waals surface area contributed by atoms with E-state index in [-0.39, 0.29) is 11.4 Å². The first-order chi connectivity index (χ1) is 9.46. The van der Waals surface area contributed by atoms with Crippen molar-refractivity contribution in [2.45, 2.75) is 52.0 Å². The molecule has 110 valence electrons. The molecule has 0 aliphatic heterocycles. The third kappa shape index (κ3) is 3.29. The van der Waals surface area contributed by atoms with E-state index in [1.165, 1.54) is 6.42 Å². The van der Waals surface area contributed by atoms with E-state index in [1.807, 2.05) is 6.92 Å². The van der Waals surface area contributed by atoms with Crippen LogP contribution in [0.15, 0.2) is 6.07 Å². The number of nitrogens with one attached hydrogen (secondary N) is 1. The van der Waals surface area contributed by atoms with Crippen molar-refractivity contribution in [2.75, 3.05) is 5.88 Å². The minimum atomic E-state index is -0.278. The number of carbonyl (C=O) groups is 1. The molecule has 1 amide bonds. The van der Waals surface area contributed by atoms with Gasteiger partial charge in [0.25, 0.3) is 5.91 Å². The highest BCUT2D eigenvalue weighted by Crippen LogP contribution is 2.33. The topological polar surface area (TPSA) is 54.9 Å². The molecule has 0 radical (unpaired) electrons. The second kappa shape index (κ2) is 6.08. The van der Waals surface area contributed by atoms with Gasteiger partial charge in [0.15, 0.2) is 0 Å². The van der Waals surface area contributed by atoms with E-state index >= 15 is 0 Å². The maximum atomic E-state index is 12.5. The fourth-order valence-corrected chi connectivity index (χ4v) is 3.33. The number of nitrogens with zero attached hydrogens (tertiary/aromatic N) is 2. The first-order valence-corrected chi connectivity index (χ1v) is 7.68. The van der Waals surface area contributed by atoms with Gasteiger partial charge in [-0.2, -0.15) is 10.2 Å². The summed E-state index contributed by atoms with van der Waals surface area (Å²) in [4.78, 5) is 12.5. The van der Waals surface area contributed by atoms with Crippen LogP contribution in [-0.2, 0) is 0 Å². The van der Waals surface area contributed by atoms with E-state index in [9.17, 15) is 4.79 Å². The summed E-state index contributed by atoms with van der Waals surface area (Å²) in [6.07, 6.45) is 4.21. The molecule has 1 fully saturated rings. The van der Waals surface area contributed by atoms with Crippen LogP contribution < -0.4 is 5.32 Å². The average Bonchev–Trinajstić information content (AvgIpc) is 2.41. The van der Waals surface area contributed by atoms with Crippen LogP contribution in [0.25, 0.3) is 0 Å². The number of aryl methyl sites for hydroxylation is 2. The Morgan fingerprint density at radius 1 is 1.50 bits per heavy atom. The van der Waals surface area contributed by atoms with E-state index < -0.39 is 0 Å². The van der Waals surface area contributed by atoms with Gasteiger partial charge in [-0.05, 0) is 38.7 Å². The van der Waals surface area contributed by atoms with Crippen molar-refractivity contribution < 1.29 is 4.79 Å². The summed E-state index contributed by atoms with van der Waals surface area (Å²) >= 11 is 6.16. The largest absolute Gasteiger partial charge is 0.345 e. The Bertz CT molecular complexity index is 506. The third-order valence-corrected chi connectivity index (χ3v) is 4.58. The van der Waals surface area contributed by atoms with Crippen molar-refractivity contribution in [2.24, 2.45) is 5.92 Å². The van der Waals surface area contributed by atoms with Gasteiger partial charge < -0.3 is 5.32 Å². The predicted octanol–water partition coefficient (Wildman–Crippen LogP) is 3.01. The van der Waals surface area contributed by atoms with Gasteiger partial charge in [0.2, 0.25) is 0 Å². The van der Waals surface area contributed by atoms with E-state index in [0.717, 1.165) is 25.0 Å². The summed E-state index contributed by atoms with van der Waals surface area (Å²) in [5.74, 6) is 0.969. The van der Waals surface area contributed by atoms with Gasteiger partial charge in [-0.25, -0.2) is 0 Å². The molecule has 0 spiro atoms. The van der Waals surface area contributed by atoms with Gasteiger partial charge in [0, 0.05) is 5.88 Å². The molecule has 1 aromatic rings. The number of hydrogen-bond acceptors (Lipinski definition) is 3. The van der Waals surface area contributed by atoms with Crippen LogP contribution in [0.1, 0.15) is 54.4 Å². The van der Waals surface area contributed by atoms with Crippen LogP contribution in [0, 0.1) is 19.8 Å². The highest BCUT2D eigenvalue weighted by Gasteiger charge is 2.36. The van der Waals surface area contributed by atoms with Crippen molar-refractivity contribution in [3.05, 3.63) is 23.0 Å². The van der Waals surface area contributed by atoms with E-state index in [4.69, 9.17) is 11.6 Å². The second-order valence-electron chi connectivity index (χ2n) is 6.05. The van der Waals surface area contributed by atoms with E-state index in [2.05, 4.69) is 22.4 Å². The Labute approximate surface area is 125 Å². The number of rotatable bonds is 3. The Morgan fingerprint density at radius 2 is 2.25 bits per heavy atom. The molecule has 0 aromatic carbocycles. The minimum Gasteiger partial charge on any atom is -0.345 e. The fraction of sp³-hybridized carbons (Fsp3) is 0.667. The van der Waals surface area contributed by atoms with E-state index in [1.54, 1.807) is 13.0 Å². The Morgan fingerprint density at radius 3 is 2.90 bits per heavy atom. The molecule has 2 unspecified atom stereocenters. The zero-order valence-corrected chi connectivity index (χ0v) is 13.1. The Kier molecular flexibility index (Phi) is 4.63. The highest BCUT2D eigenvalue weighted by atomic mass is 35.5. The molecular weight excluding hydrogens is 274 g/mol. The van der Waals surface area contributed by atoms with Gasteiger partial charge in [-0.15, -0.1) is 11.6 Å². The summed E-state index contributed by atoms with van der Waals surface area (Å²) in [6, 6.07) is 1.78. The summed E-state index contributed by atoms with van der Waals surface area (Å²) in [5.41, 5.74) is 1.72. The molecule has 2 atom stereocenters. The average molecular weight is 296 g/mol. The van der Waals surface area contributed by atoms with Gasteiger partial charge in [0.1, 0.15) is 0 Å². The van der Waals surface area contributed by atoms with Crippen molar-refractivity contribution >= 4 is 17.5 Å². The van der Waals surface area contributed by atoms with Crippen LogP contribution in [0.3, 0.4) is 0 Å². The second-order valence-corrected chi connectivity index (χ2v) is 6.32. The monoisotopic (exact) mass is 295 g/mol. The Hall–Kier alpha value is -1.16. The van der Waals surface area contributed by atoms with Crippen LogP contribution in [-0.4, -0.2) is 27.5 Å². The number of aromatic nitrogens is 2. The molecule has 1 saturated carbocycles. The molecule has 0 bridgehead atoms. The van der Waals surface area contributed by atoms with Crippen molar-refractivity contribution in [1.29, 1.82) is 0 Å². The molecule has 1 aliphatic rings. The smallest absolute Gasteiger partial charge is 0.253 e. The summed E-state index contributed by atoms with van der Waals surface area (Å²) in [7, 11) is 0. The SMILES string of the molecule is Cc1cc(C(=O)NC2(CCl)CCCC(C)C2)c(C)nn1. The lowest BCUT2D eigenvalue weighted by atomic mass is 9.77. The van der Waals surface area contributed by atoms with Gasteiger partial charge in [-0.3, -0.25) is 4.79 Å². The van der Waals surface area contributed by atoms with Gasteiger partial charge in [0.05, 0.1) is 22.5 Å². The maximum Gasteiger partial charge on any atom is 0.253 e. The molecular formula is C15H22ClN3O. The standard InChI is InChI=1S/C15H22ClN3O/c1-10-5-4-6-15(8-10,9-16)17-14(20)13-7-11(2)18-19-12(13)3/h7,10H,4-6,8-9H2,1-3H3,(H,17,20). The van der Waals surface area contributed by atoms with Gasteiger partial charge >= 0.3 is 0 Å². The summed E-state index contributed by atoms with van der Waals surface area (Å²) in [6.45, 7) is 5.86. The summed E-state index contributed by atoms with van der Waals surface area (Å²) < 4.78 is 0. The molecule has 4 nitrogen and oxygen atoms in total. The molecule has 1 aromatic heterocycles. The molecule has 0 saturated heterocycles. The van der Waals surface area contributed by atoms with Crippen LogP contribution in [0.2, 0.25) is 0 Å². The van der Waals surface area contributed by atoms with Crippen molar-refractivity contribution in [1.82, 2.24) is 15.5 Å². The first-order valence-electron chi connectivity index (χ1n) is 7.15. The lowest BCUT2D eigenvalue weighted by molar-refractivity contribution is 0.0866. The highest BCUT2D eigenvalue weighted by molar-refractivity contribution is 6.19. The third-order valence-electron chi connectivity index (χ3n) is 4.07.